The van der Waals surface area contributed by atoms with Crippen LogP contribution in [0, 0.1) is 0 Å². The lowest BCUT2D eigenvalue weighted by Gasteiger charge is -2.07. The maximum atomic E-state index is 11.3. The van der Waals surface area contributed by atoms with E-state index in [0.29, 0.717) is 5.75 Å². The molecule has 1 rings (SSSR count). The van der Waals surface area contributed by atoms with Gasteiger partial charge in [-0.3, -0.25) is 4.79 Å². The van der Waals surface area contributed by atoms with Gasteiger partial charge in [-0.15, -0.1) is 0 Å². The molecule has 0 heterocycles. The molecule has 18 heavy (non-hydrogen) atoms. The van der Waals surface area contributed by atoms with Crippen molar-refractivity contribution < 1.29 is 19.1 Å². The van der Waals surface area contributed by atoms with Crippen molar-refractivity contribution >= 4 is 27.8 Å². The largest absolute Gasteiger partial charge is 0.496 e. The molecular formula is C12H14BrNO4. The van der Waals surface area contributed by atoms with Crippen molar-refractivity contribution in [3.63, 3.8) is 0 Å². The maximum absolute atomic E-state index is 11.3. The molecular weight excluding hydrogens is 302 g/mol. The molecule has 0 saturated heterocycles. The van der Waals surface area contributed by atoms with Crippen LogP contribution in [0.5, 0.6) is 5.75 Å². The van der Waals surface area contributed by atoms with Crippen molar-refractivity contribution in [3.05, 3.63) is 28.2 Å². The van der Waals surface area contributed by atoms with E-state index in [9.17, 15) is 9.59 Å². The van der Waals surface area contributed by atoms with Gasteiger partial charge in [0.15, 0.2) is 0 Å². The van der Waals surface area contributed by atoms with Gasteiger partial charge >= 0.3 is 11.9 Å². The van der Waals surface area contributed by atoms with Gasteiger partial charge < -0.3 is 14.8 Å². The van der Waals surface area contributed by atoms with E-state index >= 15 is 0 Å². The number of hydrogen-bond acceptors (Lipinski definition) is 4. The van der Waals surface area contributed by atoms with Crippen molar-refractivity contribution in [2.75, 3.05) is 13.7 Å². The van der Waals surface area contributed by atoms with Gasteiger partial charge in [-0.05, 0) is 40.5 Å². The molecule has 0 unspecified atom stereocenters. The minimum absolute atomic E-state index is 0.181. The SMILES string of the molecule is CCOC(=O)C(=O)NCc1ccc(OC)c(Br)c1. The van der Waals surface area contributed by atoms with E-state index in [-0.39, 0.29) is 13.2 Å². The van der Waals surface area contributed by atoms with Gasteiger partial charge in [-0.1, -0.05) is 6.07 Å². The lowest BCUT2D eigenvalue weighted by Crippen LogP contribution is -2.32. The maximum Gasteiger partial charge on any atom is 0.396 e. The third-order valence-electron chi connectivity index (χ3n) is 2.13. The molecule has 0 spiro atoms. The minimum Gasteiger partial charge on any atom is -0.496 e. The van der Waals surface area contributed by atoms with E-state index in [1.165, 1.54) is 0 Å². The highest BCUT2D eigenvalue weighted by Crippen LogP contribution is 2.25. The fourth-order valence-electron chi connectivity index (χ4n) is 1.27. The lowest BCUT2D eigenvalue weighted by atomic mass is 10.2. The Hall–Kier alpha value is -1.56. The van der Waals surface area contributed by atoms with E-state index in [1.807, 2.05) is 6.07 Å². The number of amides is 1. The number of halogens is 1. The molecule has 0 bridgehead atoms. The van der Waals surface area contributed by atoms with Gasteiger partial charge in [0.1, 0.15) is 5.75 Å². The summed E-state index contributed by atoms with van der Waals surface area (Å²) in [5.74, 6) is -0.913. The Morgan fingerprint density at radius 1 is 1.39 bits per heavy atom. The van der Waals surface area contributed by atoms with E-state index in [4.69, 9.17) is 4.74 Å². The molecule has 0 fully saturated rings. The van der Waals surface area contributed by atoms with Crippen LogP contribution in [-0.4, -0.2) is 25.6 Å². The van der Waals surface area contributed by atoms with Crippen molar-refractivity contribution in [2.24, 2.45) is 0 Å². The molecule has 0 aromatic heterocycles. The molecule has 0 aliphatic rings. The number of carbonyl (C=O) groups excluding carboxylic acids is 2. The first kappa shape index (κ1) is 14.5. The van der Waals surface area contributed by atoms with E-state index in [1.54, 1.807) is 26.2 Å². The Morgan fingerprint density at radius 3 is 2.67 bits per heavy atom. The van der Waals surface area contributed by atoms with E-state index in [0.717, 1.165) is 10.0 Å². The topological polar surface area (TPSA) is 64.6 Å². The fourth-order valence-corrected chi connectivity index (χ4v) is 1.86. The molecule has 1 amide bonds. The Balaban J connectivity index is 2.56. The van der Waals surface area contributed by atoms with Crippen molar-refractivity contribution in [1.29, 1.82) is 0 Å². The molecule has 0 aliphatic carbocycles. The van der Waals surface area contributed by atoms with Crippen LogP contribution < -0.4 is 10.1 Å². The highest BCUT2D eigenvalue weighted by Gasteiger charge is 2.13. The summed E-state index contributed by atoms with van der Waals surface area (Å²) < 4.78 is 10.4. The Morgan fingerprint density at radius 2 is 2.11 bits per heavy atom. The monoisotopic (exact) mass is 315 g/mol. The highest BCUT2D eigenvalue weighted by atomic mass is 79.9. The second-order valence-corrected chi connectivity index (χ2v) is 4.23. The summed E-state index contributed by atoms with van der Waals surface area (Å²) in [6.07, 6.45) is 0. The summed E-state index contributed by atoms with van der Waals surface area (Å²) in [7, 11) is 1.57. The van der Waals surface area contributed by atoms with Gasteiger partial charge in [-0.2, -0.15) is 0 Å². The zero-order valence-electron chi connectivity index (χ0n) is 10.2. The number of methoxy groups -OCH3 is 1. The van der Waals surface area contributed by atoms with Crippen LogP contribution in [-0.2, 0) is 20.9 Å². The van der Waals surface area contributed by atoms with Crippen LogP contribution in [0.25, 0.3) is 0 Å². The molecule has 5 nitrogen and oxygen atoms in total. The predicted molar refractivity (Wildman–Crippen MR) is 69.2 cm³/mol. The van der Waals surface area contributed by atoms with Crippen molar-refractivity contribution in [2.45, 2.75) is 13.5 Å². The van der Waals surface area contributed by atoms with Crippen molar-refractivity contribution in [1.82, 2.24) is 5.32 Å². The summed E-state index contributed by atoms with van der Waals surface area (Å²) in [6, 6.07) is 5.38. The summed E-state index contributed by atoms with van der Waals surface area (Å²) in [6.45, 7) is 2.08. The van der Waals surface area contributed by atoms with Gasteiger partial charge in [-0.25, -0.2) is 4.79 Å². The second kappa shape index (κ2) is 7.00. The fraction of sp³-hybridized carbons (Fsp3) is 0.333. The Labute approximate surface area is 114 Å². The van der Waals surface area contributed by atoms with Crippen LogP contribution >= 0.6 is 15.9 Å². The number of hydrogen-bond donors (Lipinski definition) is 1. The van der Waals surface area contributed by atoms with Crippen LogP contribution in [0.4, 0.5) is 0 Å². The van der Waals surface area contributed by atoms with Gasteiger partial charge in [0.05, 0.1) is 18.2 Å². The third kappa shape index (κ3) is 4.03. The summed E-state index contributed by atoms with van der Waals surface area (Å²) in [5.41, 5.74) is 0.848. The van der Waals surface area contributed by atoms with Crippen LogP contribution in [0.3, 0.4) is 0 Å². The zero-order chi connectivity index (χ0) is 13.5. The number of carbonyl (C=O) groups is 2. The van der Waals surface area contributed by atoms with Crippen molar-refractivity contribution in [3.8, 4) is 5.75 Å². The Kier molecular flexibility index (Phi) is 5.64. The molecule has 1 aromatic carbocycles. The van der Waals surface area contributed by atoms with Gasteiger partial charge in [0.2, 0.25) is 0 Å². The first-order valence-corrected chi connectivity index (χ1v) is 6.15. The number of nitrogens with one attached hydrogen (secondary N) is 1. The number of esters is 1. The number of rotatable bonds is 4. The molecule has 6 heteroatoms. The molecule has 0 aliphatic heterocycles. The molecule has 98 valence electrons. The molecule has 0 saturated carbocycles. The summed E-state index contributed by atoms with van der Waals surface area (Å²) >= 11 is 3.34. The third-order valence-corrected chi connectivity index (χ3v) is 2.75. The van der Waals surface area contributed by atoms with Crippen LogP contribution in [0.15, 0.2) is 22.7 Å². The quantitative estimate of drug-likeness (QED) is 0.677. The lowest BCUT2D eigenvalue weighted by molar-refractivity contribution is -0.154. The van der Waals surface area contributed by atoms with E-state index in [2.05, 4.69) is 26.0 Å². The minimum atomic E-state index is -0.870. The first-order chi connectivity index (χ1) is 8.58. The average Bonchev–Trinajstić information content (AvgIpc) is 2.36. The van der Waals surface area contributed by atoms with Gasteiger partial charge in [0.25, 0.3) is 0 Å². The molecule has 1 aromatic rings. The first-order valence-electron chi connectivity index (χ1n) is 5.35. The smallest absolute Gasteiger partial charge is 0.396 e. The van der Waals surface area contributed by atoms with Crippen LogP contribution in [0.2, 0.25) is 0 Å². The highest BCUT2D eigenvalue weighted by molar-refractivity contribution is 9.10. The number of benzene rings is 1. The molecule has 0 radical (unpaired) electrons. The normalized spacial score (nSPS) is 9.72. The standard InChI is InChI=1S/C12H14BrNO4/c1-3-18-12(16)11(15)14-7-8-4-5-10(17-2)9(13)6-8/h4-6H,3,7H2,1-2H3,(H,14,15). The summed E-state index contributed by atoms with van der Waals surface area (Å²) in [5, 5.41) is 2.47. The number of ether oxygens (including phenoxy) is 2. The van der Waals surface area contributed by atoms with Gasteiger partial charge in [0, 0.05) is 6.54 Å². The molecule has 0 atom stereocenters. The zero-order valence-corrected chi connectivity index (χ0v) is 11.7. The molecule has 1 N–H and O–H groups in total. The Bertz CT molecular complexity index is 448. The predicted octanol–water partition coefficient (Wildman–Crippen LogP) is 1.64. The summed E-state index contributed by atoms with van der Waals surface area (Å²) in [4.78, 5) is 22.4. The van der Waals surface area contributed by atoms with E-state index < -0.39 is 11.9 Å². The second-order valence-electron chi connectivity index (χ2n) is 3.37. The average molecular weight is 316 g/mol. The van der Waals surface area contributed by atoms with Crippen LogP contribution in [0.1, 0.15) is 12.5 Å².